The quantitative estimate of drug-likeness (QED) is 0.857. The number of rotatable bonds is 3. The molecular weight excluding hydrogens is 294 g/mol. The van der Waals surface area contributed by atoms with Crippen LogP contribution in [0.1, 0.15) is 39.0 Å². The molecule has 23 heavy (non-hydrogen) atoms. The van der Waals surface area contributed by atoms with Gasteiger partial charge in [-0.15, -0.1) is 0 Å². The zero-order valence-corrected chi connectivity index (χ0v) is 14.7. The fourth-order valence-corrected chi connectivity index (χ4v) is 4.53. The maximum atomic E-state index is 12.0. The fraction of sp³-hybridized carbons (Fsp3) is 0.941. The van der Waals surface area contributed by atoms with Gasteiger partial charge in [0.2, 0.25) is 0 Å². The lowest BCUT2D eigenvalue weighted by molar-refractivity contribution is -0.201. The number of nitrogens with zero attached hydrogens (tertiary/aromatic N) is 2. The van der Waals surface area contributed by atoms with Gasteiger partial charge < -0.3 is 19.7 Å². The molecule has 2 heterocycles. The molecule has 1 unspecified atom stereocenters. The van der Waals surface area contributed by atoms with Gasteiger partial charge in [0.1, 0.15) is 0 Å². The van der Waals surface area contributed by atoms with Crippen molar-refractivity contribution in [3.05, 3.63) is 0 Å². The van der Waals surface area contributed by atoms with Gasteiger partial charge in [0.15, 0.2) is 5.79 Å². The van der Waals surface area contributed by atoms with Crippen LogP contribution in [0.4, 0.5) is 4.79 Å². The van der Waals surface area contributed by atoms with Crippen LogP contribution < -0.4 is 5.32 Å². The lowest BCUT2D eigenvalue weighted by Gasteiger charge is -2.50. The summed E-state index contributed by atoms with van der Waals surface area (Å²) in [4.78, 5) is 16.2. The van der Waals surface area contributed by atoms with Gasteiger partial charge in [-0.1, -0.05) is 6.92 Å². The number of fused-ring (bicyclic) bond motifs is 1. The van der Waals surface area contributed by atoms with E-state index in [0.717, 1.165) is 58.4 Å². The van der Waals surface area contributed by atoms with Crippen molar-refractivity contribution in [3.8, 4) is 0 Å². The number of hydrogen-bond donors (Lipinski definition) is 1. The summed E-state index contributed by atoms with van der Waals surface area (Å²) in [5, 5.41) is 3.18. The molecule has 3 rings (SSSR count). The van der Waals surface area contributed by atoms with Crippen LogP contribution >= 0.6 is 0 Å². The van der Waals surface area contributed by atoms with Crippen LogP contribution in [-0.4, -0.2) is 74.1 Å². The number of urea groups is 1. The van der Waals surface area contributed by atoms with Crippen LogP contribution in [0.3, 0.4) is 0 Å². The predicted octanol–water partition coefficient (Wildman–Crippen LogP) is 1.65. The molecule has 2 saturated heterocycles. The molecule has 1 saturated carbocycles. The molecule has 0 aromatic carbocycles. The number of nitrogens with one attached hydrogen (secondary N) is 1. The van der Waals surface area contributed by atoms with Crippen molar-refractivity contribution in [2.24, 2.45) is 5.92 Å². The lowest BCUT2D eigenvalue weighted by atomic mass is 9.74. The molecule has 6 nitrogen and oxygen atoms in total. The minimum Gasteiger partial charge on any atom is -0.348 e. The normalized spacial score (nSPS) is 33.4. The first-order valence-corrected chi connectivity index (χ1v) is 9.03. The second-order valence-electron chi connectivity index (χ2n) is 7.45. The first-order chi connectivity index (χ1) is 11.0. The molecule has 2 amide bonds. The molecular formula is C17H31N3O3. The van der Waals surface area contributed by atoms with Crippen LogP contribution in [0, 0.1) is 5.92 Å². The molecule has 3 aliphatic rings. The number of carbonyl (C=O) groups is 1. The van der Waals surface area contributed by atoms with E-state index in [-0.39, 0.29) is 17.9 Å². The van der Waals surface area contributed by atoms with Gasteiger partial charge in [-0.3, -0.25) is 4.90 Å². The molecule has 0 aromatic heterocycles. The van der Waals surface area contributed by atoms with E-state index in [1.807, 2.05) is 0 Å². The molecule has 0 aromatic rings. The standard InChI is InChI=1S/C17H31N3O3/c1-4-7-20-12-14(18-16(21)19(2)3)10-13-11-17(6-5-15(13)20)22-8-9-23-17/h13-15H,4-12H2,1-3H3,(H,18,21)/t13-,14?,15-/m1/s1. The van der Waals surface area contributed by atoms with E-state index < -0.39 is 0 Å². The third-order valence-electron chi connectivity index (χ3n) is 5.51. The Labute approximate surface area is 139 Å². The largest absolute Gasteiger partial charge is 0.348 e. The highest BCUT2D eigenvalue weighted by molar-refractivity contribution is 5.73. The zero-order chi connectivity index (χ0) is 16.4. The van der Waals surface area contributed by atoms with E-state index in [9.17, 15) is 4.79 Å². The van der Waals surface area contributed by atoms with E-state index in [0.29, 0.717) is 12.0 Å². The van der Waals surface area contributed by atoms with Crippen molar-refractivity contribution >= 4 is 6.03 Å². The molecule has 132 valence electrons. The number of likely N-dealkylation sites (tertiary alicyclic amines) is 1. The molecule has 6 heteroatoms. The summed E-state index contributed by atoms with van der Waals surface area (Å²) < 4.78 is 11.9. The summed E-state index contributed by atoms with van der Waals surface area (Å²) in [7, 11) is 3.58. The second-order valence-corrected chi connectivity index (χ2v) is 7.45. The van der Waals surface area contributed by atoms with Crippen LogP contribution in [0.5, 0.6) is 0 Å². The number of ether oxygens (including phenoxy) is 2. The molecule has 1 spiro atoms. The van der Waals surface area contributed by atoms with E-state index in [4.69, 9.17) is 9.47 Å². The van der Waals surface area contributed by atoms with E-state index >= 15 is 0 Å². The topological polar surface area (TPSA) is 54.0 Å². The summed E-state index contributed by atoms with van der Waals surface area (Å²) in [6.07, 6.45) is 5.28. The molecule has 2 aliphatic heterocycles. The highest BCUT2D eigenvalue weighted by atomic mass is 16.7. The smallest absolute Gasteiger partial charge is 0.317 e. The maximum absolute atomic E-state index is 12.0. The van der Waals surface area contributed by atoms with Crippen molar-refractivity contribution in [1.29, 1.82) is 0 Å². The minimum atomic E-state index is -0.341. The summed E-state index contributed by atoms with van der Waals surface area (Å²) in [5.41, 5.74) is 0. The first kappa shape index (κ1) is 17.0. The summed E-state index contributed by atoms with van der Waals surface area (Å²) in [5.74, 6) is 0.196. The van der Waals surface area contributed by atoms with Gasteiger partial charge in [-0.25, -0.2) is 4.79 Å². The molecule has 0 radical (unpaired) electrons. The van der Waals surface area contributed by atoms with E-state index in [2.05, 4.69) is 17.1 Å². The highest BCUT2D eigenvalue weighted by Gasteiger charge is 2.48. The number of amides is 2. The fourth-order valence-electron chi connectivity index (χ4n) is 4.53. The SMILES string of the molecule is CCCN1CC(NC(=O)N(C)C)C[C@@H]2CC3(CC[C@H]21)OCCO3. The van der Waals surface area contributed by atoms with Gasteiger partial charge in [0.25, 0.3) is 0 Å². The Balaban J connectivity index is 1.68. The average Bonchev–Trinajstić information content (AvgIpc) is 2.95. The van der Waals surface area contributed by atoms with Crippen LogP contribution in [0.2, 0.25) is 0 Å². The van der Waals surface area contributed by atoms with Gasteiger partial charge in [-0.2, -0.15) is 0 Å². The number of hydrogen-bond acceptors (Lipinski definition) is 4. The Morgan fingerprint density at radius 3 is 2.74 bits per heavy atom. The lowest BCUT2D eigenvalue weighted by Crippen LogP contribution is -2.60. The van der Waals surface area contributed by atoms with E-state index in [1.54, 1.807) is 19.0 Å². The zero-order valence-electron chi connectivity index (χ0n) is 14.7. The number of carbonyl (C=O) groups excluding carboxylic acids is 1. The monoisotopic (exact) mass is 325 g/mol. The molecule has 1 aliphatic carbocycles. The molecule has 3 atom stereocenters. The Bertz CT molecular complexity index is 423. The van der Waals surface area contributed by atoms with Gasteiger partial charge in [-0.05, 0) is 31.7 Å². The van der Waals surface area contributed by atoms with Crippen molar-refractivity contribution in [2.75, 3.05) is 40.4 Å². The van der Waals surface area contributed by atoms with Gasteiger partial charge in [0, 0.05) is 45.6 Å². The van der Waals surface area contributed by atoms with Crippen molar-refractivity contribution in [3.63, 3.8) is 0 Å². The van der Waals surface area contributed by atoms with Gasteiger partial charge >= 0.3 is 6.03 Å². The van der Waals surface area contributed by atoms with Gasteiger partial charge in [0.05, 0.1) is 13.2 Å². The first-order valence-electron chi connectivity index (χ1n) is 9.03. The van der Waals surface area contributed by atoms with Crippen LogP contribution in [0.15, 0.2) is 0 Å². The molecule has 1 N–H and O–H groups in total. The number of piperidine rings is 1. The predicted molar refractivity (Wildman–Crippen MR) is 88.3 cm³/mol. The average molecular weight is 325 g/mol. The second kappa shape index (κ2) is 6.95. The van der Waals surface area contributed by atoms with Crippen LogP contribution in [0.25, 0.3) is 0 Å². The Hall–Kier alpha value is -0.850. The Morgan fingerprint density at radius 2 is 2.09 bits per heavy atom. The third kappa shape index (κ3) is 3.64. The third-order valence-corrected chi connectivity index (χ3v) is 5.51. The van der Waals surface area contributed by atoms with Crippen molar-refractivity contribution in [2.45, 2.75) is 56.9 Å². The summed E-state index contributed by atoms with van der Waals surface area (Å²) in [6.45, 7) is 5.73. The minimum absolute atomic E-state index is 0.00351. The highest BCUT2D eigenvalue weighted by Crippen LogP contribution is 2.44. The summed E-state index contributed by atoms with van der Waals surface area (Å²) in [6, 6.07) is 0.832. The van der Waals surface area contributed by atoms with Crippen molar-refractivity contribution < 1.29 is 14.3 Å². The Morgan fingerprint density at radius 1 is 1.35 bits per heavy atom. The maximum Gasteiger partial charge on any atom is 0.317 e. The molecule has 0 bridgehead atoms. The van der Waals surface area contributed by atoms with E-state index in [1.165, 1.54) is 0 Å². The Kier molecular flexibility index (Phi) is 5.13. The summed E-state index contributed by atoms with van der Waals surface area (Å²) >= 11 is 0. The van der Waals surface area contributed by atoms with Crippen molar-refractivity contribution in [1.82, 2.24) is 15.1 Å². The van der Waals surface area contributed by atoms with Crippen LogP contribution in [-0.2, 0) is 9.47 Å². The molecule has 3 fully saturated rings.